The van der Waals surface area contributed by atoms with Gasteiger partial charge >= 0.3 is 5.63 Å². The summed E-state index contributed by atoms with van der Waals surface area (Å²) in [6.07, 6.45) is 0. The van der Waals surface area contributed by atoms with E-state index >= 15 is 0 Å². The Morgan fingerprint density at radius 2 is 1.85 bits per heavy atom. The fourth-order valence-corrected chi connectivity index (χ4v) is 2.47. The molecule has 0 saturated carbocycles. The zero-order valence-electron chi connectivity index (χ0n) is 10.9. The number of aliphatic hydroxyl groups is 2. The maximum atomic E-state index is 11.6. The van der Waals surface area contributed by atoms with Gasteiger partial charge in [-0.3, -0.25) is 4.90 Å². The molecule has 108 valence electrons. The van der Waals surface area contributed by atoms with Crippen molar-refractivity contribution in [1.29, 1.82) is 0 Å². The third-order valence-corrected chi connectivity index (χ3v) is 3.51. The average molecular weight is 342 g/mol. The smallest absolute Gasteiger partial charge is 0.336 e. The average Bonchev–Trinajstić information content (AvgIpc) is 2.38. The van der Waals surface area contributed by atoms with E-state index < -0.39 is 5.63 Å². The largest absolute Gasteiger partial charge is 0.423 e. The molecule has 0 unspecified atom stereocenters. The first kappa shape index (κ1) is 15.2. The number of benzene rings is 1. The Labute approximate surface area is 124 Å². The van der Waals surface area contributed by atoms with Crippen LogP contribution in [0, 0.1) is 0 Å². The van der Waals surface area contributed by atoms with Gasteiger partial charge in [-0.25, -0.2) is 4.79 Å². The van der Waals surface area contributed by atoms with Crippen LogP contribution in [0.5, 0.6) is 0 Å². The maximum absolute atomic E-state index is 11.6. The third kappa shape index (κ3) is 3.67. The van der Waals surface area contributed by atoms with Crippen LogP contribution in [0.2, 0.25) is 0 Å². The summed E-state index contributed by atoms with van der Waals surface area (Å²) in [7, 11) is 0. The summed E-state index contributed by atoms with van der Waals surface area (Å²) in [6.45, 7) is 1.37. The standard InChI is InChI=1S/C14H16BrNO4/c15-11-1-2-12-10(7-14(19)20-13(12)8-11)9-16(3-5-17)4-6-18/h1-2,7-8,17-18H,3-6,9H2. The third-order valence-electron chi connectivity index (χ3n) is 3.02. The van der Waals surface area contributed by atoms with Crippen LogP contribution in [-0.4, -0.2) is 41.4 Å². The second kappa shape index (κ2) is 6.99. The number of halogens is 1. The molecule has 0 bridgehead atoms. The van der Waals surface area contributed by atoms with Gasteiger partial charge in [0.2, 0.25) is 0 Å². The van der Waals surface area contributed by atoms with Crippen LogP contribution >= 0.6 is 15.9 Å². The Hall–Kier alpha value is -1.21. The highest BCUT2D eigenvalue weighted by molar-refractivity contribution is 9.10. The van der Waals surface area contributed by atoms with Gasteiger partial charge in [0.25, 0.3) is 0 Å². The van der Waals surface area contributed by atoms with E-state index in [2.05, 4.69) is 15.9 Å². The summed E-state index contributed by atoms with van der Waals surface area (Å²) in [5.74, 6) is 0. The lowest BCUT2D eigenvalue weighted by atomic mass is 10.1. The van der Waals surface area contributed by atoms with E-state index in [1.165, 1.54) is 6.07 Å². The molecular formula is C14H16BrNO4. The highest BCUT2D eigenvalue weighted by atomic mass is 79.9. The number of fused-ring (bicyclic) bond motifs is 1. The molecule has 0 spiro atoms. The highest BCUT2D eigenvalue weighted by Gasteiger charge is 2.10. The van der Waals surface area contributed by atoms with Crippen LogP contribution < -0.4 is 5.63 Å². The molecule has 0 radical (unpaired) electrons. The molecule has 20 heavy (non-hydrogen) atoms. The first-order valence-corrected chi connectivity index (χ1v) is 7.09. The van der Waals surface area contributed by atoms with Gasteiger partial charge in [-0.2, -0.15) is 0 Å². The number of rotatable bonds is 6. The summed E-state index contributed by atoms with van der Waals surface area (Å²) < 4.78 is 6.02. The number of nitrogens with zero attached hydrogens (tertiary/aromatic N) is 1. The molecule has 1 aromatic carbocycles. The van der Waals surface area contributed by atoms with E-state index in [0.29, 0.717) is 25.2 Å². The van der Waals surface area contributed by atoms with Crippen LogP contribution in [0.4, 0.5) is 0 Å². The lowest BCUT2D eigenvalue weighted by Gasteiger charge is -2.20. The molecule has 6 heteroatoms. The molecule has 0 aliphatic carbocycles. The van der Waals surface area contributed by atoms with Gasteiger partial charge in [-0.1, -0.05) is 15.9 Å². The summed E-state index contributed by atoms with van der Waals surface area (Å²) in [6, 6.07) is 6.97. The van der Waals surface area contributed by atoms with Crippen LogP contribution in [0.3, 0.4) is 0 Å². The van der Waals surface area contributed by atoms with E-state index in [1.54, 1.807) is 6.07 Å². The predicted molar refractivity (Wildman–Crippen MR) is 79.6 cm³/mol. The second-order valence-corrected chi connectivity index (χ2v) is 5.37. The Balaban J connectivity index is 2.39. The highest BCUT2D eigenvalue weighted by Crippen LogP contribution is 2.22. The van der Waals surface area contributed by atoms with Crippen molar-refractivity contribution in [3.8, 4) is 0 Å². The molecule has 0 aliphatic rings. The zero-order chi connectivity index (χ0) is 14.5. The number of hydrogen-bond donors (Lipinski definition) is 2. The first-order chi connectivity index (χ1) is 9.63. The van der Waals surface area contributed by atoms with Gasteiger partial charge in [0, 0.05) is 35.6 Å². The van der Waals surface area contributed by atoms with Gasteiger partial charge in [0.05, 0.1) is 13.2 Å². The minimum atomic E-state index is -0.404. The Morgan fingerprint density at radius 3 is 2.50 bits per heavy atom. The van der Waals surface area contributed by atoms with E-state index in [9.17, 15) is 4.79 Å². The summed E-state index contributed by atoms with van der Waals surface area (Å²) in [5.41, 5.74) is 0.944. The first-order valence-electron chi connectivity index (χ1n) is 6.30. The second-order valence-electron chi connectivity index (χ2n) is 4.45. The number of hydrogen-bond acceptors (Lipinski definition) is 5. The van der Waals surface area contributed by atoms with Gasteiger partial charge in [-0.05, 0) is 23.8 Å². The van der Waals surface area contributed by atoms with Gasteiger partial charge in [0.1, 0.15) is 5.58 Å². The van der Waals surface area contributed by atoms with Crippen molar-refractivity contribution >= 4 is 26.9 Å². The van der Waals surface area contributed by atoms with Crippen molar-refractivity contribution < 1.29 is 14.6 Å². The quantitative estimate of drug-likeness (QED) is 0.775. The molecule has 2 rings (SSSR count). The molecule has 0 amide bonds. The normalized spacial score (nSPS) is 11.4. The van der Waals surface area contributed by atoms with Crippen molar-refractivity contribution in [2.75, 3.05) is 26.3 Å². The fourth-order valence-electron chi connectivity index (χ4n) is 2.13. The van der Waals surface area contributed by atoms with E-state index in [0.717, 1.165) is 15.4 Å². The molecular weight excluding hydrogens is 326 g/mol. The summed E-state index contributed by atoms with van der Waals surface area (Å²) >= 11 is 3.34. The van der Waals surface area contributed by atoms with Crippen LogP contribution in [0.25, 0.3) is 11.0 Å². The van der Waals surface area contributed by atoms with Crippen LogP contribution in [0.1, 0.15) is 5.56 Å². The Kier molecular flexibility index (Phi) is 5.31. The lowest BCUT2D eigenvalue weighted by Crippen LogP contribution is -2.29. The summed E-state index contributed by atoms with van der Waals surface area (Å²) in [5, 5.41) is 18.9. The van der Waals surface area contributed by atoms with Gasteiger partial charge < -0.3 is 14.6 Å². The molecule has 0 aliphatic heterocycles. The minimum Gasteiger partial charge on any atom is -0.423 e. The Bertz CT molecular complexity index is 635. The van der Waals surface area contributed by atoms with E-state index in [4.69, 9.17) is 14.6 Å². The predicted octanol–water partition coefficient (Wildman–Crippen LogP) is 1.34. The maximum Gasteiger partial charge on any atom is 0.336 e. The zero-order valence-corrected chi connectivity index (χ0v) is 12.5. The molecule has 0 saturated heterocycles. The molecule has 1 heterocycles. The van der Waals surface area contributed by atoms with Crippen molar-refractivity contribution in [1.82, 2.24) is 4.90 Å². The molecule has 5 nitrogen and oxygen atoms in total. The molecule has 0 atom stereocenters. The van der Waals surface area contributed by atoms with Crippen molar-refractivity contribution in [3.63, 3.8) is 0 Å². The monoisotopic (exact) mass is 341 g/mol. The Morgan fingerprint density at radius 1 is 1.15 bits per heavy atom. The molecule has 1 aromatic heterocycles. The minimum absolute atomic E-state index is 0.00488. The van der Waals surface area contributed by atoms with Gasteiger partial charge in [0.15, 0.2) is 0 Å². The van der Waals surface area contributed by atoms with Crippen LogP contribution in [-0.2, 0) is 6.54 Å². The lowest BCUT2D eigenvalue weighted by molar-refractivity contribution is 0.156. The summed E-state index contributed by atoms with van der Waals surface area (Å²) in [4.78, 5) is 13.5. The van der Waals surface area contributed by atoms with Crippen LogP contribution in [0.15, 0.2) is 37.9 Å². The SMILES string of the molecule is O=c1cc(CN(CCO)CCO)c2ccc(Br)cc2o1. The fraction of sp³-hybridized carbons (Fsp3) is 0.357. The van der Waals surface area contributed by atoms with Crippen molar-refractivity contribution in [2.24, 2.45) is 0 Å². The molecule has 2 aromatic rings. The van der Waals surface area contributed by atoms with E-state index in [-0.39, 0.29) is 13.2 Å². The molecule has 0 fully saturated rings. The van der Waals surface area contributed by atoms with Crippen molar-refractivity contribution in [2.45, 2.75) is 6.54 Å². The molecule has 2 N–H and O–H groups in total. The van der Waals surface area contributed by atoms with Crippen molar-refractivity contribution in [3.05, 3.63) is 44.7 Å². The topological polar surface area (TPSA) is 73.9 Å². The van der Waals surface area contributed by atoms with Gasteiger partial charge in [-0.15, -0.1) is 0 Å². The number of aliphatic hydroxyl groups excluding tert-OH is 2. The van der Waals surface area contributed by atoms with E-state index in [1.807, 2.05) is 17.0 Å².